The molecule has 1 aliphatic carbocycles. The summed E-state index contributed by atoms with van der Waals surface area (Å²) >= 11 is 1.65. The average molecular weight is 958 g/mol. The second kappa shape index (κ2) is 16.8. The van der Waals surface area contributed by atoms with Crippen molar-refractivity contribution in [2.24, 2.45) is 0 Å². The molecule has 8 aromatic carbocycles. The molecule has 0 amide bonds. The molecule has 11 aromatic rings. The summed E-state index contributed by atoms with van der Waals surface area (Å²) in [6.45, 7) is 10.3. The third kappa shape index (κ3) is 6.84. The molecular weight excluding hydrogens is 911 g/mol. The van der Waals surface area contributed by atoms with Crippen LogP contribution in [0.2, 0.25) is 0 Å². The molecule has 3 heterocycles. The van der Waals surface area contributed by atoms with E-state index >= 15 is 0 Å². The number of benzene rings is 8. The van der Waals surface area contributed by atoms with Crippen LogP contribution in [0.4, 0.5) is 17.1 Å². The van der Waals surface area contributed by atoms with Gasteiger partial charge in [-0.25, -0.2) is 0 Å². The maximum absolute atomic E-state index is 12.0. The number of nitrogens with zero attached hydrogens (tertiary/aromatic N) is 3. The summed E-state index contributed by atoms with van der Waals surface area (Å²) in [5, 5.41) is 60.2. The van der Waals surface area contributed by atoms with E-state index in [1.165, 1.54) is 0 Å². The summed E-state index contributed by atoms with van der Waals surface area (Å²) in [5.74, 6) is -4.59. The van der Waals surface area contributed by atoms with E-state index in [1.807, 2.05) is 60.8 Å². The van der Waals surface area contributed by atoms with Crippen LogP contribution < -0.4 is 4.90 Å². The molecule has 12 rings (SSSR count). The zero-order valence-corrected chi connectivity index (χ0v) is 40.4. The Morgan fingerprint density at radius 2 is 1.29 bits per heavy atom. The number of aromatic hydroxyl groups is 5. The molecule has 0 radical (unpaired) electrons. The zero-order valence-electron chi connectivity index (χ0n) is 39.6. The SMILES string of the molecule is C=C/C=C\c1c(C)sc2ccc(N(c3cc(-c4ccc5c6cc(-c7cccnc7)ccc6n(-c6cccc(-c7ccccc7)c6)c5c4)cc4c3C(C)(C)c3ccccc3-4)c3c(O)c(O)c(O)c(O)c3O)cc12. The minimum absolute atomic E-state index is 0.304. The number of hydrogen-bond donors (Lipinski definition) is 5. The predicted octanol–water partition coefficient (Wildman–Crippen LogP) is 16.2. The van der Waals surface area contributed by atoms with Crippen LogP contribution >= 0.6 is 11.3 Å². The van der Waals surface area contributed by atoms with Crippen LogP contribution in [0.15, 0.2) is 189 Å². The van der Waals surface area contributed by atoms with Crippen molar-refractivity contribution in [1.82, 2.24) is 9.55 Å². The molecule has 1 aliphatic rings. The highest BCUT2D eigenvalue weighted by Gasteiger charge is 2.41. The van der Waals surface area contributed by atoms with E-state index in [0.717, 1.165) is 104 Å². The van der Waals surface area contributed by atoms with Gasteiger partial charge in [0, 0.05) is 60.5 Å². The standard InChI is InChI=1S/C63H47N3O5S/c1-5-6-19-45-36(2)72-55-27-24-44(34-49(45)55)66(57-58(67)60(69)62(71)61(70)59(57)68)54-33-42(31-50-46-20-10-11-21-51(46)63(3,4)56(50)54)40-22-25-47-48-30-39(41-17-13-28-64-35-41)23-26-52(48)65(53(47)32-40)43-18-12-16-38(29-43)37-14-8-7-9-15-37/h5-35,67-71H,1H2,2-4H3/b19-6-. The van der Waals surface area contributed by atoms with Crippen LogP contribution in [-0.4, -0.2) is 35.1 Å². The Hall–Kier alpha value is -9.05. The van der Waals surface area contributed by atoms with Crippen LogP contribution in [0.25, 0.3) is 88.2 Å². The lowest BCUT2D eigenvalue weighted by Gasteiger charge is -2.33. The normalized spacial score (nSPS) is 12.8. The molecule has 0 spiro atoms. The topological polar surface area (TPSA) is 122 Å². The number of pyridine rings is 1. The molecule has 0 unspecified atom stereocenters. The monoisotopic (exact) mass is 957 g/mol. The van der Waals surface area contributed by atoms with E-state index in [-0.39, 0.29) is 5.69 Å². The smallest absolute Gasteiger partial charge is 0.208 e. The average Bonchev–Trinajstić information content (AvgIpc) is 4.00. The van der Waals surface area contributed by atoms with E-state index in [2.05, 4.69) is 152 Å². The van der Waals surface area contributed by atoms with Crippen molar-refractivity contribution < 1.29 is 25.5 Å². The molecule has 0 fully saturated rings. The Balaban J connectivity index is 1.16. The fourth-order valence-corrected chi connectivity index (χ4v) is 11.9. The molecule has 9 heteroatoms. The number of hydrogen-bond acceptors (Lipinski definition) is 8. The van der Waals surface area contributed by atoms with Crippen molar-refractivity contribution in [2.75, 3.05) is 4.90 Å². The molecule has 72 heavy (non-hydrogen) atoms. The van der Waals surface area contributed by atoms with Gasteiger partial charge in [0.05, 0.1) is 16.7 Å². The van der Waals surface area contributed by atoms with Crippen molar-refractivity contribution in [3.05, 3.63) is 210 Å². The summed E-state index contributed by atoms with van der Waals surface area (Å²) in [7, 11) is 0. The third-order valence-electron chi connectivity index (χ3n) is 14.3. The number of rotatable bonds is 9. The molecular formula is C63H47N3O5S. The first-order valence-corrected chi connectivity index (χ1v) is 24.5. The summed E-state index contributed by atoms with van der Waals surface area (Å²) in [6.07, 6.45) is 9.29. The van der Waals surface area contributed by atoms with Crippen LogP contribution in [0.5, 0.6) is 28.7 Å². The molecule has 0 bridgehead atoms. The number of anilines is 3. The fourth-order valence-electron chi connectivity index (χ4n) is 10.9. The van der Waals surface area contributed by atoms with Gasteiger partial charge < -0.3 is 35.0 Å². The summed E-state index contributed by atoms with van der Waals surface area (Å²) in [6, 6.07) is 54.6. The van der Waals surface area contributed by atoms with Gasteiger partial charge in [0.1, 0.15) is 5.69 Å². The summed E-state index contributed by atoms with van der Waals surface area (Å²) in [4.78, 5) is 7.20. The van der Waals surface area contributed by atoms with E-state index < -0.39 is 34.2 Å². The zero-order chi connectivity index (χ0) is 49.6. The van der Waals surface area contributed by atoms with E-state index in [4.69, 9.17) is 0 Å². The van der Waals surface area contributed by atoms with Gasteiger partial charge in [-0.15, -0.1) is 11.3 Å². The van der Waals surface area contributed by atoms with Gasteiger partial charge in [-0.2, -0.15) is 0 Å². The number of phenolic OH excluding ortho intramolecular Hbond substituents is 5. The molecule has 0 saturated carbocycles. The summed E-state index contributed by atoms with van der Waals surface area (Å²) in [5.41, 5.74) is 14.1. The summed E-state index contributed by atoms with van der Waals surface area (Å²) < 4.78 is 3.34. The second-order valence-electron chi connectivity index (χ2n) is 18.8. The Bertz CT molecular complexity index is 4030. The first kappa shape index (κ1) is 44.2. The lowest BCUT2D eigenvalue weighted by atomic mass is 9.80. The van der Waals surface area contributed by atoms with E-state index in [9.17, 15) is 25.5 Å². The highest BCUT2D eigenvalue weighted by molar-refractivity contribution is 7.19. The Kier molecular flexibility index (Phi) is 10.3. The minimum Gasteiger partial charge on any atom is -0.503 e. The van der Waals surface area contributed by atoms with Gasteiger partial charge in [-0.3, -0.25) is 4.98 Å². The van der Waals surface area contributed by atoms with Crippen molar-refractivity contribution in [1.29, 1.82) is 0 Å². The van der Waals surface area contributed by atoms with Crippen LogP contribution in [0, 0.1) is 6.92 Å². The first-order chi connectivity index (χ1) is 34.9. The van der Waals surface area contributed by atoms with Gasteiger partial charge in [0.15, 0.2) is 11.5 Å². The van der Waals surface area contributed by atoms with E-state index in [1.54, 1.807) is 28.5 Å². The highest BCUT2D eigenvalue weighted by Crippen LogP contribution is 2.62. The van der Waals surface area contributed by atoms with Crippen molar-refractivity contribution in [3.8, 4) is 78.9 Å². The van der Waals surface area contributed by atoms with Gasteiger partial charge in [0.25, 0.3) is 0 Å². The first-order valence-electron chi connectivity index (χ1n) is 23.7. The maximum Gasteiger partial charge on any atom is 0.208 e. The van der Waals surface area contributed by atoms with Gasteiger partial charge in [-0.1, -0.05) is 130 Å². The Morgan fingerprint density at radius 1 is 0.583 bits per heavy atom. The van der Waals surface area contributed by atoms with Crippen molar-refractivity contribution >= 4 is 66.4 Å². The third-order valence-corrected chi connectivity index (χ3v) is 15.4. The van der Waals surface area contributed by atoms with Gasteiger partial charge in [0.2, 0.25) is 17.2 Å². The highest BCUT2D eigenvalue weighted by atomic mass is 32.1. The van der Waals surface area contributed by atoms with Crippen molar-refractivity contribution in [2.45, 2.75) is 26.2 Å². The van der Waals surface area contributed by atoms with E-state index in [0.29, 0.717) is 11.4 Å². The lowest BCUT2D eigenvalue weighted by molar-refractivity contribution is 0.329. The Morgan fingerprint density at radius 3 is 2.07 bits per heavy atom. The predicted molar refractivity (Wildman–Crippen MR) is 295 cm³/mol. The number of thiophene rings is 1. The Labute approximate surface area is 419 Å². The van der Waals surface area contributed by atoms with Crippen molar-refractivity contribution in [3.63, 3.8) is 0 Å². The molecule has 0 atom stereocenters. The number of aromatic nitrogens is 2. The molecule has 3 aromatic heterocycles. The number of allylic oxidation sites excluding steroid dienone is 2. The lowest BCUT2D eigenvalue weighted by Crippen LogP contribution is -2.21. The number of aryl methyl sites for hydroxylation is 1. The van der Waals surface area contributed by atoms with Crippen LogP contribution in [0.1, 0.15) is 35.4 Å². The largest absolute Gasteiger partial charge is 0.503 e. The van der Waals surface area contributed by atoms with Crippen LogP contribution in [0.3, 0.4) is 0 Å². The molecule has 350 valence electrons. The minimum atomic E-state index is -1.04. The molecule has 0 aliphatic heterocycles. The fraction of sp³-hybridized carbons (Fsp3) is 0.0635. The maximum atomic E-state index is 12.0. The molecule has 0 saturated heterocycles. The van der Waals surface area contributed by atoms with Crippen LogP contribution in [-0.2, 0) is 5.41 Å². The molecule has 8 nitrogen and oxygen atoms in total. The second-order valence-corrected chi connectivity index (χ2v) is 20.1. The molecule has 5 N–H and O–H groups in total. The number of fused-ring (bicyclic) bond motifs is 7. The van der Waals surface area contributed by atoms with Gasteiger partial charge >= 0.3 is 0 Å². The quantitative estimate of drug-likeness (QED) is 0.0555. The van der Waals surface area contributed by atoms with Gasteiger partial charge in [-0.05, 0) is 129 Å². The number of phenols is 5.